The summed E-state index contributed by atoms with van der Waals surface area (Å²) in [5, 5.41) is 2.04. The number of rotatable bonds is 6. The average Bonchev–Trinajstić information content (AvgIpc) is 2.94. The van der Waals surface area contributed by atoms with Crippen LogP contribution in [0.5, 0.6) is 0 Å². The molecule has 0 N–H and O–H groups in total. The monoisotopic (exact) mass is 237 g/mol. The van der Waals surface area contributed by atoms with E-state index in [1.165, 1.54) is 17.7 Å². The van der Waals surface area contributed by atoms with Gasteiger partial charge in [0.15, 0.2) is 0 Å². The number of hydrogen-bond donors (Lipinski definition) is 0. The lowest BCUT2D eigenvalue weighted by Crippen LogP contribution is -2.34. The molecule has 2 nitrogen and oxygen atoms in total. The molecule has 1 fully saturated rings. The summed E-state index contributed by atoms with van der Waals surface area (Å²) in [5.41, 5.74) is 0. The highest BCUT2D eigenvalue weighted by atomic mass is 32.1. The Labute approximate surface area is 101 Å². The summed E-state index contributed by atoms with van der Waals surface area (Å²) in [6, 6.07) is 4.06. The molecule has 1 aromatic rings. The van der Waals surface area contributed by atoms with E-state index in [9.17, 15) is 4.79 Å². The van der Waals surface area contributed by atoms with E-state index in [1.807, 2.05) is 17.5 Å². The molecule has 1 heterocycles. The van der Waals surface area contributed by atoms with Crippen molar-refractivity contribution in [2.24, 2.45) is 5.92 Å². The maximum atomic E-state index is 12.1. The zero-order valence-corrected chi connectivity index (χ0v) is 10.6. The van der Waals surface area contributed by atoms with Gasteiger partial charge in [-0.2, -0.15) is 0 Å². The third-order valence-corrected chi connectivity index (χ3v) is 3.80. The fourth-order valence-electron chi connectivity index (χ4n) is 1.87. The van der Waals surface area contributed by atoms with Crippen LogP contribution >= 0.6 is 11.3 Å². The van der Waals surface area contributed by atoms with Crippen LogP contribution < -0.4 is 0 Å². The van der Waals surface area contributed by atoms with Gasteiger partial charge in [0.2, 0.25) is 5.91 Å². The lowest BCUT2D eigenvalue weighted by Gasteiger charge is -2.21. The third-order valence-electron chi connectivity index (χ3n) is 2.93. The molecule has 0 aromatic carbocycles. The van der Waals surface area contributed by atoms with Crippen LogP contribution in [0.3, 0.4) is 0 Å². The van der Waals surface area contributed by atoms with Crippen LogP contribution in [0.15, 0.2) is 17.5 Å². The largest absolute Gasteiger partial charge is 0.342 e. The van der Waals surface area contributed by atoms with Gasteiger partial charge in [-0.3, -0.25) is 4.79 Å². The first-order chi connectivity index (χ1) is 7.79. The Balaban J connectivity index is 1.87. The molecule has 1 aliphatic rings. The molecule has 0 aliphatic heterocycles. The summed E-state index contributed by atoms with van der Waals surface area (Å²) in [6.07, 6.45) is 4.27. The van der Waals surface area contributed by atoms with Crippen molar-refractivity contribution in [3.8, 4) is 0 Å². The maximum absolute atomic E-state index is 12.1. The summed E-state index contributed by atoms with van der Waals surface area (Å²) >= 11 is 1.67. The van der Waals surface area contributed by atoms with Crippen molar-refractivity contribution in [2.75, 3.05) is 13.1 Å². The van der Waals surface area contributed by atoms with Crippen LogP contribution in [0, 0.1) is 5.92 Å². The zero-order valence-electron chi connectivity index (χ0n) is 9.82. The standard InChI is InChI=1S/C13H19NOS/c1-2-7-14(10-11-5-6-11)13(15)9-12-4-3-8-16-12/h3-4,8,11H,2,5-7,9-10H2,1H3. The Morgan fingerprint density at radius 1 is 1.56 bits per heavy atom. The van der Waals surface area contributed by atoms with Gasteiger partial charge < -0.3 is 4.90 Å². The highest BCUT2D eigenvalue weighted by Crippen LogP contribution is 2.30. The Bertz CT molecular complexity index is 330. The van der Waals surface area contributed by atoms with Crippen molar-refractivity contribution >= 4 is 17.2 Å². The molecule has 1 aliphatic carbocycles. The number of carbonyl (C=O) groups excluding carboxylic acids is 1. The van der Waals surface area contributed by atoms with Crippen LogP contribution in [-0.2, 0) is 11.2 Å². The first kappa shape index (κ1) is 11.6. The van der Waals surface area contributed by atoms with Gasteiger partial charge in [-0.25, -0.2) is 0 Å². The number of thiophene rings is 1. The van der Waals surface area contributed by atoms with Crippen LogP contribution in [0.1, 0.15) is 31.1 Å². The molecule has 16 heavy (non-hydrogen) atoms. The Morgan fingerprint density at radius 2 is 2.38 bits per heavy atom. The minimum atomic E-state index is 0.302. The smallest absolute Gasteiger partial charge is 0.227 e. The molecule has 1 aromatic heterocycles. The number of carbonyl (C=O) groups is 1. The van der Waals surface area contributed by atoms with Crippen LogP contribution in [0.25, 0.3) is 0 Å². The van der Waals surface area contributed by atoms with Gasteiger partial charge in [0, 0.05) is 18.0 Å². The Kier molecular flexibility index (Phi) is 3.99. The molecule has 3 heteroatoms. The molecule has 1 saturated carbocycles. The summed E-state index contributed by atoms with van der Waals surface area (Å²) in [7, 11) is 0. The van der Waals surface area contributed by atoms with E-state index in [2.05, 4.69) is 11.8 Å². The minimum Gasteiger partial charge on any atom is -0.342 e. The zero-order chi connectivity index (χ0) is 11.4. The fraction of sp³-hybridized carbons (Fsp3) is 0.615. The quantitative estimate of drug-likeness (QED) is 0.745. The first-order valence-corrected chi connectivity index (χ1v) is 6.97. The van der Waals surface area contributed by atoms with Crippen LogP contribution in [0.4, 0.5) is 0 Å². The number of nitrogens with zero attached hydrogens (tertiary/aromatic N) is 1. The lowest BCUT2D eigenvalue weighted by atomic mass is 10.2. The molecular weight excluding hydrogens is 218 g/mol. The second-order valence-electron chi connectivity index (χ2n) is 4.54. The predicted molar refractivity (Wildman–Crippen MR) is 67.6 cm³/mol. The second-order valence-corrected chi connectivity index (χ2v) is 5.57. The highest BCUT2D eigenvalue weighted by Gasteiger charge is 2.26. The fourth-order valence-corrected chi connectivity index (χ4v) is 2.57. The molecule has 0 radical (unpaired) electrons. The van der Waals surface area contributed by atoms with Gasteiger partial charge in [0.1, 0.15) is 0 Å². The van der Waals surface area contributed by atoms with Crippen molar-refractivity contribution in [1.29, 1.82) is 0 Å². The summed E-state index contributed by atoms with van der Waals surface area (Å²) in [4.78, 5) is 15.3. The van der Waals surface area contributed by atoms with Crippen molar-refractivity contribution < 1.29 is 4.79 Å². The van der Waals surface area contributed by atoms with Gasteiger partial charge in [-0.1, -0.05) is 13.0 Å². The van der Waals surface area contributed by atoms with Crippen molar-refractivity contribution in [1.82, 2.24) is 4.90 Å². The van der Waals surface area contributed by atoms with Gasteiger partial charge in [0.25, 0.3) is 0 Å². The normalized spacial score (nSPS) is 15.1. The van der Waals surface area contributed by atoms with Crippen LogP contribution in [0.2, 0.25) is 0 Å². The van der Waals surface area contributed by atoms with E-state index < -0.39 is 0 Å². The summed E-state index contributed by atoms with van der Waals surface area (Å²) < 4.78 is 0. The van der Waals surface area contributed by atoms with E-state index >= 15 is 0 Å². The minimum absolute atomic E-state index is 0.302. The lowest BCUT2D eigenvalue weighted by molar-refractivity contribution is -0.130. The van der Waals surface area contributed by atoms with E-state index in [4.69, 9.17) is 0 Å². The van der Waals surface area contributed by atoms with E-state index in [0.717, 1.165) is 25.4 Å². The molecular formula is C13H19NOS. The molecule has 0 spiro atoms. The molecule has 0 unspecified atom stereocenters. The van der Waals surface area contributed by atoms with Crippen molar-refractivity contribution in [2.45, 2.75) is 32.6 Å². The van der Waals surface area contributed by atoms with Gasteiger partial charge in [-0.15, -0.1) is 11.3 Å². The third kappa shape index (κ3) is 3.34. The van der Waals surface area contributed by atoms with E-state index in [1.54, 1.807) is 11.3 Å². The summed E-state index contributed by atoms with van der Waals surface area (Å²) in [5.74, 6) is 1.09. The first-order valence-electron chi connectivity index (χ1n) is 6.09. The van der Waals surface area contributed by atoms with E-state index in [0.29, 0.717) is 12.3 Å². The number of hydrogen-bond acceptors (Lipinski definition) is 2. The average molecular weight is 237 g/mol. The molecule has 1 amide bonds. The van der Waals surface area contributed by atoms with Gasteiger partial charge in [-0.05, 0) is 36.6 Å². The molecule has 0 bridgehead atoms. The molecule has 0 atom stereocenters. The highest BCUT2D eigenvalue weighted by molar-refractivity contribution is 7.10. The van der Waals surface area contributed by atoms with Crippen LogP contribution in [-0.4, -0.2) is 23.9 Å². The maximum Gasteiger partial charge on any atom is 0.227 e. The van der Waals surface area contributed by atoms with Crippen molar-refractivity contribution in [3.05, 3.63) is 22.4 Å². The predicted octanol–water partition coefficient (Wildman–Crippen LogP) is 2.94. The molecule has 0 saturated heterocycles. The van der Waals surface area contributed by atoms with Gasteiger partial charge >= 0.3 is 0 Å². The SMILES string of the molecule is CCCN(CC1CC1)C(=O)Cc1cccs1. The Hall–Kier alpha value is -0.830. The topological polar surface area (TPSA) is 20.3 Å². The Morgan fingerprint density at radius 3 is 2.94 bits per heavy atom. The second kappa shape index (κ2) is 5.48. The van der Waals surface area contributed by atoms with Gasteiger partial charge in [0.05, 0.1) is 6.42 Å². The number of amides is 1. The molecule has 88 valence electrons. The van der Waals surface area contributed by atoms with E-state index in [-0.39, 0.29) is 0 Å². The van der Waals surface area contributed by atoms with Crippen molar-refractivity contribution in [3.63, 3.8) is 0 Å². The molecule has 2 rings (SSSR count). The summed E-state index contributed by atoms with van der Waals surface area (Å²) in [6.45, 7) is 4.04.